The molecule has 0 aromatic carbocycles. The summed E-state index contributed by atoms with van der Waals surface area (Å²) in [6.07, 6.45) is -1.30. The van der Waals surface area contributed by atoms with Crippen molar-refractivity contribution in [2.24, 2.45) is 11.8 Å². The number of halogens is 3. The van der Waals surface area contributed by atoms with E-state index in [4.69, 9.17) is 0 Å². The zero-order chi connectivity index (χ0) is 13.1. The molecule has 17 heavy (non-hydrogen) atoms. The largest absolute Gasteiger partial charge is 0.406 e. The molecule has 0 radical (unpaired) electrons. The van der Waals surface area contributed by atoms with Gasteiger partial charge in [0.1, 0.15) is 5.54 Å². The molecular weight excluding hydrogens is 227 g/mol. The van der Waals surface area contributed by atoms with Gasteiger partial charge >= 0.3 is 6.18 Å². The van der Waals surface area contributed by atoms with E-state index in [0.717, 1.165) is 12.8 Å². The third-order valence-electron chi connectivity index (χ3n) is 3.99. The smallest absolute Gasteiger partial charge is 0.304 e. The summed E-state index contributed by atoms with van der Waals surface area (Å²) in [4.78, 5) is 0. The van der Waals surface area contributed by atoms with E-state index in [1.165, 1.54) is 0 Å². The van der Waals surface area contributed by atoms with Crippen LogP contribution in [0.3, 0.4) is 0 Å². The number of rotatable bonds is 4. The Labute approximate surface area is 102 Å². The maximum atomic E-state index is 13.3. The molecule has 0 saturated heterocycles. The summed E-state index contributed by atoms with van der Waals surface area (Å²) in [6.45, 7) is 6.40. The fraction of sp³-hybridized carbons (Fsp3) is 1.00. The molecule has 2 unspecified atom stereocenters. The Morgan fingerprint density at radius 2 is 2.00 bits per heavy atom. The van der Waals surface area contributed by atoms with Crippen LogP contribution >= 0.6 is 0 Å². The third kappa shape index (κ3) is 3.36. The Kier molecular flexibility index (Phi) is 4.87. The summed E-state index contributed by atoms with van der Waals surface area (Å²) < 4.78 is 39.9. The topological polar surface area (TPSA) is 12.0 Å². The summed E-state index contributed by atoms with van der Waals surface area (Å²) >= 11 is 0. The fourth-order valence-electron chi connectivity index (χ4n) is 2.77. The van der Waals surface area contributed by atoms with Crippen LogP contribution in [0.25, 0.3) is 0 Å². The lowest BCUT2D eigenvalue weighted by Gasteiger charge is -2.44. The molecule has 1 fully saturated rings. The van der Waals surface area contributed by atoms with Gasteiger partial charge in [-0.3, -0.25) is 0 Å². The van der Waals surface area contributed by atoms with E-state index in [0.29, 0.717) is 18.9 Å². The highest BCUT2D eigenvalue weighted by Crippen LogP contribution is 2.45. The minimum absolute atomic E-state index is 0.190. The standard InChI is InChI=1S/C13H24F3N/c1-4-8-17-12(13(14,15)16)7-5-6-11(9-12)10(2)3/h10-11,17H,4-9H2,1-3H3. The molecule has 0 aliphatic heterocycles. The van der Waals surface area contributed by atoms with Crippen LogP contribution in [0.15, 0.2) is 0 Å². The van der Waals surface area contributed by atoms with Crippen LogP contribution < -0.4 is 5.32 Å². The van der Waals surface area contributed by atoms with Gasteiger partial charge in [-0.05, 0) is 37.6 Å². The van der Waals surface area contributed by atoms with Crippen molar-refractivity contribution in [3.63, 3.8) is 0 Å². The van der Waals surface area contributed by atoms with Crippen molar-refractivity contribution in [3.8, 4) is 0 Å². The van der Waals surface area contributed by atoms with E-state index in [-0.39, 0.29) is 18.8 Å². The van der Waals surface area contributed by atoms with Crippen LogP contribution in [0.2, 0.25) is 0 Å². The maximum absolute atomic E-state index is 13.3. The van der Waals surface area contributed by atoms with Gasteiger partial charge in [0.05, 0.1) is 0 Å². The SMILES string of the molecule is CCCNC1(C(F)(F)F)CCCC(C(C)C)C1. The highest BCUT2D eigenvalue weighted by Gasteiger charge is 2.56. The monoisotopic (exact) mass is 251 g/mol. The summed E-state index contributed by atoms with van der Waals surface area (Å²) in [7, 11) is 0. The summed E-state index contributed by atoms with van der Waals surface area (Å²) in [5.41, 5.74) is -1.63. The van der Waals surface area contributed by atoms with Crippen molar-refractivity contribution in [2.75, 3.05) is 6.54 Å². The average molecular weight is 251 g/mol. The first-order valence-electron chi connectivity index (χ1n) is 6.64. The number of hydrogen-bond acceptors (Lipinski definition) is 1. The molecule has 0 amide bonds. The summed E-state index contributed by atoms with van der Waals surface area (Å²) in [5, 5.41) is 2.78. The van der Waals surface area contributed by atoms with E-state index < -0.39 is 11.7 Å². The molecule has 2 atom stereocenters. The predicted molar refractivity (Wildman–Crippen MR) is 63.9 cm³/mol. The van der Waals surface area contributed by atoms with Gasteiger partial charge in [-0.15, -0.1) is 0 Å². The third-order valence-corrected chi connectivity index (χ3v) is 3.99. The van der Waals surface area contributed by atoms with Crippen molar-refractivity contribution >= 4 is 0 Å². The summed E-state index contributed by atoms with van der Waals surface area (Å²) in [6, 6.07) is 0. The molecule has 102 valence electrons. The molecule has 1 aliphatic rings. The van der Waals surface area contributed by atoms with Crippen molar-refractivity contribution < 1.29 is 13.2 Å². The second-order valence-corrected chi connectivity index (χ2v) is 5.61. The molecule has 0 aromatic heterocycles. The lowest BCUT2D eigenvalue weighted by molar-refractivity contribution is -0.211. The van der Waals surface area contributed by atoms with Crippen molar-refractivity contribution in [3.05, 3.63) is 0 Å². The molecule has 1 nitrogen and oxygen atoms in total. The fourth-order valence-corrected chi connectivity index (χ4v) is 2.77. The molecule has 4 heteroatoms. The molecule has 1 aliphatic carbocycles. The second-order valence-electron chi connectivity index (χ2n) is 5.61. The van der Waals surface area contributed by atoms with E-state index in [9.17, 15) is 13.2 Å². The zero-order valence-electron chi connectivity index (χ0n) is 11.0. The van der Waals surface area contributed by atoms with Gasteiger partial charge in [0.15, 0.2) is 0 Å². The molecule has 0 aromatic rings. The van der Waals surface area contributed by atoms with Crippen LogP contribution in [0.4, 0.5) is 13.2 Å². The number of alkyl halides is 3. The van der Waals surface area contributed by atoms with Gasteiger partial charge in [0, 0.05) is 0 Å². The zero-order valence-corrected chi connectivity index (χ0v) is 11.0. The van der Waals surface area contributed by atoms with E-state index in [1.54, 1.807) is 0 Å². The molecular formula is C13H24F3N. The number of nitrogens with one attached hydrogen (secondary N) is 1. The molecule has 1 N–H and O–H groups in total. The van der Waals surface area contributed by atoms with Gasteiger partial charge in [-0.25, -0.2) is 0 Å². The van der Waals surface area contributed by atoms with Crippen LogP contribution in [-0.4, -0.2) is 18.3 Å². The molecule has 0 spiro atoms. The van der Waals surface area contributed by atoms with Gasteiger partial charge in [-0.1, -0.05) is 33.6 Å². The lowest BCUT2D eigenvalue weighted by Crippen LogP contribution is -2.59. The predicted octanol–water partition coefficient (Wildman–Crippen LogP) is 4.13. The minimum atomic E-state index is -4.13. The second kappa shape index (κ2) is 5.59. The Hall–Kier alpha value is -0.250. The Bertz CT molecular complexity index is 237. The first-order chi connectivity index (χ1) is 7.82. The molecule has 0 heterocycles. The number of hydrogen-bond donors (Lipinski definition) is 1. The molecule has 1 rings (SSSR count). The highest BCUT2D eigenvalue weighted by molar-refractivity contribution is 4.99. The van der Waals surface area contributed by atoms with Crippen molar-refractivity contribution in [2.45, 2.75) is 64.6 Å². The van der Waals surface area contributed by atoms with Crippen molar-refractivity contribution in [1.82, 2.24) is 5.32 Å². The van der Waals surface area contributed by atoms with Gasteiger partial charge in [0.25, 0.3) is 0 Å². The molecule has 1 saturated carbocycles. The summed E-state index contributed by atoms with van der Waals surface area (Å²) in [5.74, 6) is 0.523. The lowest BCUT2D eigenvalue weighted by atomic mass is 9.71. The van der Waals surface area contributed by atoms with Gasteiger partial charge in [-0.2, -0.15) is 13.2 Å². The van der Waals surface area contributed by atoms with Crippen LogP contribution in [0, 0.1) is 11.8 Å². The quantitative estimate of drug-likeness (QED) is 0.792. The van der Waals surface area contributed by atoms with E-state index in [1.807, 2.05) is 20.8 Å². The maximum Gasteiger partial charge on any atom is 0.406 e. The Morgan fingerprint density at radius 1 is 1.35 bits per heavy atom. The average Bonchev–Trinajstić information content (AvgIpc) is 2.25. The normalized spacial score (nSPS) is 30.9. The first kappa shape index (κ1) is 14.8. The minimum Gasteiger partial charge on any atom is -0.304 e. The van der Waals surface area contributed by atoms with E-state index >= 15 is 0 Å². The van der Waals surface area contributed by atoms with Crippen LogP contribution in [0.5, 0.6) is 0 Å². The van der Waals surface area contributed by atoms with Crippen LogP contribution in [0.1, 0.15) is 52.9 Å². The highest BCUT2D eigenvalue weighted by atomic mass is 19.4. The Balaban J connectivity index is 2.82. The van der Waals surface area contributed by atoms with Crippen LogP contribution in [-0.2, 0) is 0 Å². The molecule has 0 bridgehead atoms. The van der Waals surface area contributed by atoms with E-state index in [2.05, 4.69) is 5.32 Å². The van der Waals surface area contributed by atoms with Gasteiger partial charge in [0.2, 0.25) is 0 Å². The first-order valence-corrected chi connectivity index (χ1v) is 6.64. The van der Waals surface area contributed by atoms with Crippen molar-refractivity contribution in [1.29, 1.82) is 0 Å². The van der Waals surface area contributed by atoms with Gasteiger partial charge < -0.3 is 5.32 Å². The Morgan fingerprint density at radius 3 is 2.47 bits per heavy atom.